The van der Waals surface area contributed by atoms with E-state index in [2.05, 4.69) is 6.92 Å². The van der Waals surface area contributed by atoms with Gasteiger partial charge in [-0.2, -0.15) is 0 Å². The van der Waals surface area contributed by atoms with Crippen molar-refractivity contribution in [3.8, 4) is 0 Å². The summed E-state index contributed by atoms with van der Waals surface area (Å²) in [6.45, 7) is 4.18. The van der Waals surface area contributed by atoms with E-state index in [1.807, 2.05) is 13.0 Å². The summed E-state index contributed by atoms with van der Waals surface area (Å²) < 4.78 is 10.7. The van der Waals surface area contributed by atoms with Crippen LogP contribution in [0.4, 0.5) is 0 Å². The fourth-order valence-corrected chi connectivity index (χ4v) is 3.28. The average Bonchev–Trinajstić information content (AvgIpc) is 2.85. The molecule has 0 aromatic carbocycles. The molecule has 0 N–H and O–H groups in total. The minimum Gasteiger partial charge on any atom is -0.472 e. The molecule has 1 fully saturated rings. The number of hydrogen-bond acceptors (Lipinski definition) is 3. The predicted molar refractivity (Wildman–Crippen MR) is 62.2 cm³/mol. The van der Waals surface area contributed by atoms with Crippen LogP contribution in [0, 0.1) is 5.41 Å². The molecule has 1 aliphatic heterocycles. The SMILES string of the molecule is CC1=C2C(=O)O[C@@H](c3ccoc3)[C@@]2(C)CCC1. The van der Waals surface area contributed by atoms with Crippen LogP contribution in [0.25, 0.3) is 0 Å². The van der Waals surface area contributed by atoms with Gasteiger partial charge in [-0.1, -0.05) is 12.5 Å². The van der Waals surface area contributed by atoms with E-state index in [0.717, 1.165) is 30.4 Å². The molecule has 2 aliphatic rings. The van der Waals surface area contributed by atoms with Crippen molar-refractivity contribution in [1.82, 2.24) is 0 Å². The van der Waals surface area contributed by atoms with Gasteiger partial charge in [0.15, 0.2) is 0 Å². The zero-order valence-corrected chi connectivity index (χ0v) is 10.2. The molecule has 2 heterocycles. The van der Waals surface area contributed by atoms with Gasteiger partial charge in [0, 0.05) is 16.6 Å². The van der Waals surface area contributed by atoms with Crippen LogP contribution in [0.15, 0.2) is 34.2 Å². The number of rotatable bonds is 1. The van der Waals surface area contributed by atoms with Crippen LogP contribution in [-0.2, 0) is 9.53 Å². The molecule has 3 nitrogen and oxygen atoms in total. The molecular weight excluding hydrogens is 216 g/mol. The lowest BCUT2D eigenvalue weighted by atomic mass is 9.68. The third-order valence-electron chi connectivity index (χ3n) is 4.10. The molecule has 0 spiro atoms. The summed E-state index contributed by atoms with van der Waals surface area (Å²) >= 11 is 0. The Hall–Kier alpha value is -1.51. The Morgan fingerprint density at radius 1 is 1.47 bits per heavy atom. The van der Waals surface area contributed by atoms with Crippen LogP contribution >= 0.6 is 0 Å². The molecule has 0 saturated carbocycles. The minimum absolute atomic E-state index is 0.143. The predicted octanol–water partition coefficient (Wildman–Crippen LogP) is 3.38. The first-order valence-electron chi connectivity index (χ1n) is 6.06. The highest BCUT2D eigenvalue weighted by atomic mass is 16.6. The number of furan rings is 1. The molecule has 0 bridgehead atoms. The zero-order chi connectivity index (χ0) is 12.0. The van der Waals surface area contributed by atoms with Crippen molar-refractivity contribution in [3.63, 3.8) is 0 Å². The maximum atomic E-state index is 12.0. The van der Waals surface area contributed by atoms with Crippen LogP contribution in [0.1, 0.15) is 44.8 Å². The Bertz CT molecular complexity index is 484. The van der Waals surface area contributed by atoms with Gasteiger partial charge in [-0.25, -0.2) is 4.79 Å². The summed E-state index contributed by atoms with van der Waals surface area (Å²) in [7, 11) is 0. The highest BCUT2D eigenvalue weighted by molar-refractivity contribution is 5.94. The van der Waals surface area contributed by atoms with Gasteiger partial charge in [-0.3, -0.25) is 0 Å². The number of hydrogen-bond donors (Lipinski definition) is 0. The number of cyclic esters (lactones) is 1. The Labute approximate surface area is 100 Å². The number of carbonyl (C=O) groups is 1. The lowest BCUT2D eigenvalue weighted by molar-refractivity contribution is -0.140. The fourth-order valence-electron chi connectivity index (χ4n) is 3.28. The van der Waals surface area contributed by atoms with Crippen LogP contribution in [0.5, 0.6) is 0 Å². The van der Waals surface area contributed by atoms with E-state index in [-0.39, 0.29) is 17.5 Å². The zero-order valence-electron chi connectivity index (χ0n) is 10.2. The molecule has 3 heteroatoms. The number of fused-ring (bicyclic) bond motifs is 1. The van der Waals surface area contributed by atoms with Crippen molar-refractivity contribution < 1.29 is 13.9 Å². The lowest BCUT2D eigenvalue weighted by Gasteiger charge is -2.33. The van der Waals surface area contributed by atoms with E-state index in [4.69, 9.17) is 9.15 Å². The Morgan fingerprint density at radius 2 is 2.29 bits per heavy atom. The normalized spacial score (nSPS) is 32.6. The maximum Gasteiger partial charge on any atom is 0.335 e. The quantitative estimate of drug-likeness (QED) is 0.697. The van der Waals surface area contributed by atoms with E-state index in [1.165, 1.54) is 5.57 Å². The van der Waals surface area contributed by atoms with Gasteiger partial charge in [-0.05, 0) is 32.3 Å². The molecule has 90 valence electrons. The number of esters is 1. The first-order chi connectivity index (χ1) is 8.13. The molecule has 0 radical (unpaired) electrons. The van der Waals surface area contributed by atoms with Gasteiger partial charge in [0.1, 0.15) is 6.10 Å². The second kappa shape index (κ2) is 3.49. The van der Waals surface area contributed by atoms with Crippen LogP contribution < -0.4 is 0 Å². The Balaban J connectivity index is 2.11. The molecule has 1 aromatic heterocycles. The Kier molecular flexibility index (Phi) is 2.18. The second-order valence-electron chi connectivity index (χ2n) is 5.27. The standard InChI is InChI=1S/C14H16O3/c1-9-4-3-6-14(2)11(9)13(15)17-12(14)10-5-7-16-8-10/h5,7-8,12H,3-4,6H2,1-2H3/t12-,14-/m0/s1. The van der Waals surface area contributed by atoms with Crippen molar-refractivity contribution in [3.05, 3.63) is 35.3 Å². The molecule has 3 rings (SSSR count). The molecular formula is C14H16O3. The minimum atomic E-state index is -0.181. The number of allylic oxidation sites excluding steroid dienone is 1. The monoisotopic (exact) mass is 232 g/mol. The number of ether oxygens (including phenoxy) is 1. The first kappa shape index (κ1) is 10.6. The third-order valence-corrected chi connectivity index (χ3v) is 4.10. The van der Waals surface area contributed by atoms with E-state index >= 15 is 0 Å². The van der Waals surface area contributed by atoms with Gasteiger partial charge in [0.05, 0.1) is 12.5 Å². The second-order valence-corrected chi connectivity index (χ2v) is 5.27. The summed E-state index contributed by atoms with van der Waals surface area (Å²) in [5.41, 5.74) is 2.87. The molecule has 1 aliphatic carbocycles. The average molecular weight is 232 g/mol. The van der Waals surface area contributed by atoms with Crippen molar-refractivity contribution in [1.29, 1.82) is 0 Å². The lowest BCUT2D eigenvalue weighted by Crippen LogP contribution is -2.26. The molecule has 0 amide bonds. The smallest absolute Gasteiger partial charge is 0.335 e. The van der Waals surface area contributed by atoms with Crippen molar-refractivity contribution in [2.45, 2.75) is 39.2 Å². The Morgan fingerprint density at radius 3 is 3.00 bits per heavy atom. The van der Waals surface area contributed by atoms with Gasteiger partial charge < -0.3 is 9.15 Å². The highest BCUT2D eigenvalue weighted by Gasteiger charge is 2.52. The van der Waals surface area contributed by atoms with Crippen LogP contribution in [0.2, 0.25) is 0 Å². The van der Waals surface area contributed by atoms with E-state index < -0.39 is 0 Å². The fraction of sp³-hybridized carbons (Fsp3) is 0.500. The third kappa shape index (κ3) is 1.38. The van der Waals surface area contributed by atoms with Gasteiger partial charge >= 0.3 is 5.97 Å². The van der Waals surface area contributed by atoms with E-state index in [1.54, 1.807) is 12.5 Å². The maximum absolute atomic E-state index is 12.0. The molecule has 1 aromatic rings. The van der Waals surface area contributed by atoms with Crippen LogP contribution in [0.3, 0.4) is 0 Å². The molecule has 17 heavy (non-hydrogen) atoms. The summed E-state index contributed by atoms with van der Waals surface area (Å²) in [6.07, 6.45) is 6.26. The molecule has 0 unspecified atom stereocenters. The number of carbonyl (C=O) groups excluding carboxylic acids is 1. The summed E-state index contributed by atoms with van der Waals surface area (Å²) in [6, 6.07) is 1.88. The van der Waals surface area contributed by atoms with Crippen molar-refractivity contribution in [2.24, 2.45) is 5.41 Å². The van der Waals surface area contributed by atoms with Crippen molar-refractivity contribution >= 4 is 5.97 Å². The topological polar surface area (TPSA) is 39.4 Å². The first-order valence-corrected chi connectivity index (χ1v) is 6.06. The summed E-state index contributed by atoms with van der Waals surface area (Å²) in [5, 5.41) is 0. The largest absolute Gasteiger partial charge is 0.472 e. The van der Waals surface area contributed by atoms with E-state index in [9.17, 15) is 4.79 Å². The molecule has 1 saturated heterocycles. The molecule has 2 atom stereocenters. The highest BCUT2D eigenvalue weighted by Crippen LogP contribution is 2.55. The summed E-state index contributed by atoms with van der Waals surface area (Å²) in [4.78, 5) is 12.0. The van der Waals surface area contributed by atoms with Crippen LogP contribution in [-0.4, -0.2) is 5.97 Å². The van der Waals surface area contributed by atoms with Crippen molar-refractivity contribution in [2.75, 3.05) is 0 Å². The van der Waals surface area contributed by atoms with Gasteiger partial charge in [-0.15, -0.1) is 0 Å². The van der Waals surface area contributed by atoms with Gasteiger partial charge in [0.2, 0.25) is 0 Å². The van der Waals surface area contributed by atoms with E-state index in [0.29, 0.717) is 0 Å². The van der Waals surface area contributed by atoms with Gasteiger partial charge in [0.25, 0.3) is 0 Å². The summed E-state index contributed by atoms with van der Waals surface area (Å²) in [5.74, 6) is -0.143.